The smallest absolute Gasteiger partial charge is 0.331 e. The van der Waals surface area contributed by atoms with Gasteiger partial charge in [0.25, 0.3) is 5.91 Å². The fourth-order valence-electron chi connectivity index (χ4n) is 2.94. The summed E-state index contributed by atoms with van der Waals surface area (Å²) in [5, 5.41) is 0. The summed E-state index contributed by atoms with van der Waals surface area (Å²) in [6.45, 7) is 2.72. The Hall–Kier alpha value is -2.95. The summed E-state index contributed by atoms with van der Waals surface area (Å²) >= 11 is 0. The Morgan fingerprint density at radius 3 is 2.54 bits per heavy atom. The van der Waals surface area contributed by atoms with E-state index in [9.17, 15) is 14.0 Å². The van der Waals surface area contributed by atoms with Crippen LogP contribution in [0.2, 0.25) is 0 Å². The van der Waals surface area contributed by atoms with Crippen molar-refractivity contribution < 1.29 is 18.7 Å². The monoisotopic (exact) mass is 353 g/mol. The van der Waals surface area contributed by atoms with Gasteiger partial charge in [-0.25, -0.2) is 9.18 Å². The number of rotatable bonds is 4. The van der Waals surface area contributed by atoms with Crippen molar-refractivity contribution in [1.82, 2.24) is 4.90 Å². The molecule has 3 rings (SSSR count). The highest BCUT2D eigenvalue weighted by molar-refractivity contribution is 5.90. The second-order valence-corrected chi connectivity index (χ2v) is 6.24. The van der Waals surface area contributed by atoms with E-state index in [0.29, 0.717) is 18.7 Å². The summed E-state index contributed by atoms with van der Waals surface area (Å²) in [7, 11) is 0. The number of carbonyl (C=O) groups excluding carboxylic acids is 2. The van der Waals surface area contributed by atoms with E-state index in [4.69, 9.17) is 4.74 Å². The van der Waals surface area contributed by atoms with E-state index < -0.39 is 12.1 Å². The summed E-state index contributed by atoms with van der Waals surface area (Å²) in [6, 6.07) is 13.8. The predicted molar refractivity (Wildman–Crippen MR) is 96.6 cm³/mol. The first kappa shape index (κ1) is 17.9. The number of amides is 1. The summed E-state index contributed by atoms with van der Waals surface area (Å²) in [4.78, 5) is 26.2. The van der Waals surface area contributed by atoms with Gasteiger partial charge in [-0.15, -0.1) is 0 Å². The van der Waals surface area contributed by atoms with Crippen LogP contribution < -0.4 is 0 Å². The average molecular weight is 353 g/mol. The van der Waals surface area contributed by atoms with Crippen LogP contribution in [0.15, 0.2) is 54.6 Å². The Balaban J connectivity index is 1.55. The van der Waals surface area contributed by atoms with Crippen LogP contribution in [0.3, 0.4) is 0 Å². The molecule has 134 valence electrons. The van der Waals surface area contributed by atoms with E-state index in [1.54, 1.807) is 24.0 Å². The van der Waals surface area contributed by atoms with Crippen LogP contribution in [0.4, 0.5) is 4.39 Å². The van der Waals surface area contributed by atoms with Gasteiger partial charge in [-0.2, -0.15) is 0 Å². The van der Waals surface area contributed by atoms with E-state index in [2.05, 4.69) is 6.07 Å². The lowest BCUT2D eigenvalue weighted by Crippen LogP contribution is -2.42. The first-order valence-electron chi connectivity index (χ1n) is 8.53. The van der Waals surface area contributed by atoms with Crippen molar-refractivity contribution >= 4 is 18.0 Å². The maximum atomic E-state index is 12.9. The van der Waals surface area contributed by atoms with Gasteiger partial charge in [0, 0.05) is 19.2 Å². The van der Waals surface area contributed by atoms with Gasteiger partial charge in [-0.05, 0) is 48.2 Å². The Bertz CT molecular complexity index is 829. The molecule has 0 spiro atoms. The maximum Gasteiger partial charge on any atom is 0.331 e. The molecule has 0 fully saturated rings. The molecule has 5 heteroatoms. The first-order chi connectivity index (χ1) is 12.5. The van der Waals surface area contributed by atoms with Crippen molar-refractivity contribution in [2.75, 3.05) is 6.54 Å². The van der Waals surface area contributed by atoms with Crippen LogP contribution in [0.5, 0.6) is 0 Å². The largest absolute Gasteiger partial charge is 0.449 e. The van der Waals surface area contributed by atoms with Gasteiger partial charge in [0.2, 0.25) is 0 Å². The second kappa shape index (κ2) is 7.95. The average Bonchev–Trinajstić information content (AvgIpc) is 2.66. The first-order valence-corrected chi connectivity index (χ1v) is 8.53. The zero-order valence-corrected chi connectivity index (χ0v) is 14.5. The van der Waals surface area contributed by atoms with Gasteiger partial charge >= 0.3 is 5.97 Å². The Morgan fingerprint density at radius 2 is 1.81 bits per heavy atom. The van der Waals surface area contributed by atoms with Gasteiger partial charge in [0.15, 0.2) is 6.10 Å². The SMILES string of the molecule is C[C@@H](OC(=O)/C=C/c1ccc(F)cc1)C(=O)N1CCc2ccccc2C1. The molecule has 1 heterocycles. The molecule has 1 amide bonds. The number of esters is 1. The molecule has 2 aromatic carbocycles. The second-order valence-electron chi connectivity index (χ2n) is 6.24. The number of fused-ring (bicyclic) bond motifs is 1. The molecule has 26 heavy (non-hydrogen) atoms. The lowest BCUT2D eigenvalue weighted by molar-refractivity contribution is -0.155. The highest BCUT2D eigenvalue weighted by Crippen LogP contribution is 2.19. The molecule has 0 aromatic heterocycles. The third-order valence-electron chi connectivity index (χ3n) is 4.36. The van der Waals surface area contributed by atoms with Crippen LogP contribution in [0.25, 0.3) is 6.08 Å². The molecule has 2 aromatic rings. The molecule has 0 aliphatic carbocycles. The normalized spacial score (nSPS) is 14.8. The van der Waals surface area contributed by atoms with Gasteiger partial charge in [-0.3, -0.25) is 4.79 Å². The van der Waals surface area contributed by atoms with Crippen LogP contribution in [-0.2, 0) is 27.3 Å². The van der Waals surface area contributed by atoms with Crippen molar-refractivity contribution in [3.05, 3.63) is 77.1 Å². The van der Waals surface area contributed by atoms with Crippen molar-refractivity contribution in [1.29, 1.82) is 0 Å². The molecule has 0 saturated heterocycles. The number of carbonyl (C=O) groups is 2. The summed E-state index contributed by atoms with van der Waals surface area (Å²) in [5.74, 6) is -1.15. The van der Waals surface area contributed by atoms with Crippen molar-refractivity contribution in [2.45, 2.75) is 26.0 Å². The van der Waals surface area contributed by atoms with Gasteiger partial charge in [0.05, 0.1) is 0 Å². The number of hydrogen-bond acceptors (Lipinski definition) is 3. The Kier molecular flexibility index (Phi) is 5.46. The number of benzene rings is 2. The van der Waals surface area contributed by atoms with Crippen molar-refractivity contribution in [3.8, 4) is 0 Å². The van der Waals surface area contributed by atoms with Crippen LogP contribution in [0.1, 0.15) is 23.6 Å². The minimum atomic E-state index is -0.856. The quantitative estimate of drug-likeness (QED) is 0.625. The van der Waals surface area contributed by atoms with E-state index in [-0.39, 0.29) is 11.7 Å². The lowest BCUT2D eigenvalue weighted by atomic mass is 9.99. The minimum Gasteiger partial charge on any atom is -0.449 e. The zero-order valence-electron chi connectivity index (χ0n) is 14.5. The Morgan fingerprint density at radius 1 is 1.12 bits per heavy atom. The Labute approximate surface area is 151 Å². The molecule has 1 aliphatic rings. The minimum absolute atomic E-state index is 0.206. The number of halogens is 1. The molecule has 0 bridgehead atoms. The fourth-order valence-corrected chi connectivity index (χ4v) is 2.94. The summed E-state index contributed by atoms with van der Waals surface area (Å²) < 4.78 is 18.1. The summed E-state index contributed by atoms with van der Waals surface area (Å²) in [5.41, 5.74) is 3.06. The molecule has 0 radical (unpaired) electrons. The van der Waals surface area contributed by atoms with E-state index in [0.717, 1.165) is 12.0 Å². The fraction of sp³-hybridized carbons (Fsp3) is 0.238. The lowest BCUT2D eigenvalue weighted by Gasteiger charge is -2.30. The molecular weight excluding hydrogens is 333 g/mol. The number of nitrogens with zero attached hydrogens (tertiary/aromatic N) is 1. The van der Waals surface area contributed by atoms with Crippen LogP contribution in [0, 0.1) is 5.82 Å². The van der Waals surface area contributed by atoms with E-state index >= 15 is 0 Å². The topological polar surface area (TPSA) is 46.6 Å². The standard InChI is InChI=1S/C21H20FNO3/c1-15(26-20(24)11-8-16-6-9-19(22)10-7-16)21(25)23-13-12-17-4-2-3-5-18(17)14-23/h2-11,15H,12-14H2,1H3/b11-8+/t15-/m1/s1. The number of hydrogen-bond donors (Lipinski definition) is 0. The molecular formula is C21H20FNO3. The third kappa shape index (κ3) is 4.36. The van der Waals surface area contributed by atoms with Crippen LogP contribution >= 0.6 is 0 Å². The van der Waals surface area contributed by atoms with Gasteiger partial charge in [-0.1, -0.05) is 36.4 Å². The predicted octanol–water partition coefficient (Wildman–Crippen LogP) is 3.36. The highest BCUT2D eigenvalue weighted by Gasteiger charge is 2.26. The van der Waals surface area contributed by atoms with Gasteiger partial charge < -0.3 is 9.64 Å². The molecule has 1 aliphatic heterocycles. The molecule has 0 N–H and O–H groups in total. The maximum absolute atomic E-state index is 12.9. The van der Waals surface area contributed by atoms with Crippen molar-refractivity contribution in [3.63, 3.8) is 0 Å². The number of ether oxygens (including phenoxy) is 1. The van der Waals surface area contributed by atoms with Gasteiger partial charge in [0.1, 0.15) is 5.82 Å². The van der Waals surface area contributed by atoms with E-state index in [1.807, 2.05) is 18.2 Å². The molecule has 1 atom stereocenters. The van der Waals surface area contributed by atoms with E-state index in [1.165, 1.54) is 29.8 Å². The third-order valence-corrected chi connectivity index (χ3v) is 4.36. The van der Waals surface area contributed by atoms with Crippen LogP contribution in [-0.4, -0.2) is 29.4 Å². The highest BCUT2D eigenvalue weighted by atomic mass is 19.1. The molecule has 0 saturated carbocycles. The molecule has 0 unspecified atom stereocenters. The zero-order chi connectivity index (χ0) is 18.5. The van der Waals surface area contributed by atoms with Crippen molar-refractivity contribution in [2.24, 2.45) is 0 Å². The summed E-state index contributed by atoms with van der Waals surface area (Å²) in [6.07, 6.45) is 2.71. The molecule has 4 nitrogen and oxygen atoms in total.